The molecule has 2 heterocycles. The highest BCUT2D eigenvalue weighted by Gasteiger charge is 2.05. The van der Waals surface area contributed by atoms with Crippen molar-refractivity contribution in [2.75, 3.05) is 0 Å². The summed E-state index contributed by atoms with van der Waals surface area (Å²) in [5, 5.41) is 3.37. The summed E-state index contributed by atoms with van der Waals surface area (Å²) >= 11 is 0. The van der Waals surface area contributed by atoms with Crippen molar-refractivity contribution in [1.29, 1.82) is 0 Å². The second kappa shape index (κ2) is 6.48. The van der Waals surface area contributed by atoms with E-state index in [1.54, 1.807) is 6.20 Å². The molecule has 0 aliphatic heterocycles. The summed E-state index contributed by atoms with van der Waals surface area (Å²) in [6, 6.07) is 6.38. The first-order chi connectivity index (χ1) is 9.54. The Morgan fingerprint density at radius 3 is 2.55 bits per heavy atom. The average Bonchev–Trinajstić information content (AvgIpc) is 2.41. The van der Waals surface area contributed by atoms with Gasteiger partial charge < -0.3 is 10.1 Å². The van der Waals surface area contributed by atoms with Crippen molar-refractivity contribution >= 4 is 0 Å². The minimum Gasteiger partial charge on any atom is -0.437 e. The van der Waals surface area contributed by atoms with Crippen LogP contribution in [0.1, 0.15) is 30.7 Å². The molecular weight excluding hydrogens is 250 g/mol. The zero-order valence-corrected chi connectivity index (χ0v) is 12.5. The van der Waals surface area contributed by atoms with Crippen LogP contribution in [0.2, 0.25) is 0 Å². The lowest BCUT2D eigenvalue weighted by Crippen LogP contribution is -2.21. The van der Waals surface area contributed by atoms with E-state index in [1.165, 1.54) is 0 Å². The summed E-state index contributed by atoms with van der Waals surface area (Å²) < 4.78 is 5.75. The van der Waals surface area contributed by atoms with Crippen molar-refractivity contribution in [3.63, 3.8) is 0 Å². The minimum absolute atomic E-state index is 0.463. The van der Waals surface area contributed by atoms with Gasteiger partial charge in [-0.1, -0.05) is 13.8 Å². The third-order valence-corrected chi connectivity index (χ3v) is 2.90. The van der Waals surface area contributed by atoms with Crippen LogP contribution in [-0.2, 0) is 6.54 Å². The molecule has 0 unspecified atom stereocenters. The number of nitrogens with one attached hydrogen (secondary N) is 1. The van der Waals surface area contributed by atoms with E-state index in [0.29, 0.717) is 17.7 Å². The predicted octanol–water partition coefficient (Wildman–Crippen LogP) is 3.38. The van der Waals surface area contributed by atoms with Crippen molar-refractivity contribution in [1.82, 2.24) is 15.3 Å². The lowest BCUT2D eigenvalue weighted by Gasteiger charge is -2.11. The van der Waals surface area contributed by atoms with E-state index in [9.17, 15) is 0 Å². The molecule has 4 nitrogen and oxygen atoms in total. The maximum absolute atomic E-state index is 5.75. The van der Waals surface area contributed by atoms with Crippen LogP contribution in [0, 0.1) is 13.8 Å². The Kier molecular flexibility index (Phi) is 4.69. The summed E-state index contributed by atoms with van der Waals surface area (Å²) in [6.07, 6.45) is 3.56. The molecule has 0 saturated carbocycles. The highest BCUT2D eigenvalue weighted by molar-refractivity contribution is 5.33. The number of rotatable bonds is 5. The number of aromatic nitrogens is 2. The number of ether oxygens (including phenoxy) is 1. The van der Waals surface area contributed by atoms with Crippen molar-refractivity contribution < 1.29 is 4.74 Å². The van der Waals surface area contributed by atoms with Crippen LogP contribution >= 0.6 is 0 Å². The normalized spacial score (nSPS) is 10.8. The molecule has 0 fully saturated rings. The van der Waals surface area contributed by atoms with Gasteiger partial charge in [-0.15, -0.1) is 0 Å². The van der Waals surface area contributed by atoms with Crippen LogP contribution < -0.4 is 10.1 Å². The van der Waals surface area contributed by atoms with Gasteiger partial charge in [0, 0.05) is 30.0 Å². The van der Waals surface area contributed by atoms with E-state index in [-0.39, 0.29) is 0 Å². The summed E-state index contributed by atoms with van der Waals surface area (Å²) in [5.74, 6) is 1.34. The predicted molar refractivity (Wildman–Crippen MR) is 80.0 cm³/mol. The Labute approximate surface area is 120 Å². The Morgan fingerprint density at radius 1 is 1.15 bits per heavy atom. The molecule has 2 aromatic heterocycles. The molecule has 20 heavy (non-hydrogen) atoms. The Hall–Kier alpha value is -1.94. The van der Waals surface area contributed by atoms with Crippen molar-refractivity contribution in [2.24, 2.45) is 0 Å². The molecule has 4 heteroatoms. The first-order valence-corrected chi connectivity index (χ1v) is 6.84. The maximum Gasteiger partial charge on any atom is 0.222 e. The largest absolute Gasteiger partial charge is 0.437 e. The standard InChI is InChI=1S/C16H21N3O/c1-11(2)17-8-14-7-12(3)16(19-9-14)20-15-6-5-13(4)18-10-15/h5-7,9-11,17H,8H2,1-4H3. The third-order valence-electron chi connectivity index (χ3n) is 2.90. The summed E-state index contributed by atoms with van der Waals surface area (Å²) in [7, 11) is 0. The average molecular weight is 271 g/mol. The highest BCUT2D eigenvalue weighted by Crippen LogP contribution is 2.22. The van der Waals surface area contributed by atoms with Gasteiger partial charge in [0.05, 0.1) is 6.20 Å². The second-order valence-corrected chi connectivity index (χ2v) is 5.24. The Morgan fingerprint density at radius 2 is 1.95 bits per heavy atom. The first-order valence-electron chi connectivity index (χ1n) is 6.84. The van der Waals surface area contributed by atoms with Gasteiger partial charge >= 0.3 is 0 Å². The number of hydrogen-bond acceptors (Lipinski definition) is 4. The molecule has 0 amide bonds. The molecule has 0 saturated heterocycles. The zero-order chi connectivity index (χ0) is 14.5. The minimum atomic E-state index is 0.463. The van der Waals surface area contributed by atoms with E-state index < -0.39 is 0 Å². The van der Waals surface area contributed by atoms with Gasteiger partial charge in [-0.25, -0.2) is 4.98 Å². The summed E-state index contributed by atoms with van der Waals surface area (Å²) in [4.78, 5) is 8.59. The van der Waals surface area contributed by atoms with Gasteiger partial charge in [0.2, 0.25) is 5.88 Å². The zero-order valence-electron chi connectivity index (χ0n) is 12.5. The van der Waals surface area contributed by atoms with Gasteiger partial charge in [0.15, 0.2) is 0 Å². The number of pyridine rings is 2. The quantitative estimate of drug-likeness (QED) is 0.905. The van der Waals surface area contributed by atoms with Crippen LogP contribution in [0.3, 0.4) is 0 Å². The highest BCUT2D eigenvalue weighted by atomic mass is 16.5. The molecule has 2 aromatic rings. The van der Waals surface area contributed by atoms with Gasteiger partial charge in [0.25, 0.3) is 0 Å². The van der Waals surface area contributed by atoms with Crippen LogP contribution in [0.25, 0.3) is 0 Å². The molecule has 0 atom stereocenters. The topological polar surface area (TPSA) is 47.0 Å². The van der Waals surface area contributed by atoms with Gasteiger partial charge in [-0.2, -0.15) is 0 Å². The molecular formula is C16H21N3O. The first kappa shape index (κ1) is 14.5. The van der Waals surface area contributed by atoms with Gasteiger partial charge in [0.1, 0.15) is 5.75 Å². The SMILES string of the molecule is Cc1ccc(Oc2ncc(CNC(C)C)cc2C)cn1. The molecule has 0 aliphatic carbocycles. The molecule has 0 radical (unpaired) electrons. The van der Waals surface area contributed by atoms with Crippen LogP contribution in [-0.4, -0.2) is 16.0 Å². The molecule has 0 spiro atoms. The monoisotopic (exact) mass is 271 g/mol. The molecule has 2 rings (SSSR count). The number of aryl methyl sites for hydroxylation is 2. The molecule has 1 N–H and O–H groups in total. The fraction of sp³-hybridized carbons (Fsp3) is 0.375. The van der Waals surface area contributed by atoms with Gasteiger partial charge in [-0.3, -0.25) is 4.98 Å². The van der Waals surface area contributed by atoms with E-state index >= 15 is 0 Å². The summed E-state index contributed by atoms with van der Waals surface area (Å²) in [5.41, 5.74) is 3.15. The van der Waals surface area contributed by atoms with Crippen LogP contribution in [0.5, 0.6) is 11.6 Å². The van der Waals surface area contributed by atoms with E-state index in [2.05, 4.69) is 35.2 Å². The molecule has 106 valence electrons. The Balaban J connectivity index is 2.07. The van der Waals surface area contributed by atoms with Gasteiger partial charge in [-0.05, 0) is 37.6 Å². The summed E-state index contributed by atoms with van der Waals surface area (Å²) in [6.45, 7) is 9.02. The lowest BCUT2D eigenvalue weighted by molar-refractivity contribution is 0.455. The second-order valence-electron chi connectivity index (χ2n) is 5.24. The van der Waals surface area contributed by atoms with E-state index in [4.69, 9.17) is 4.74 Å². The maximum atomic E-state index is 5.75. The Bertz CT molecular complexity index is 564. The number of hydrogen-bond donors (Lipinski definition) is 1. The van der Waals surface area contributed by atoms with E-state index in [1.807, 2.05) is 32.2 Å². The lowest BCUT2D eigenvalue weighted by atomic mass is 10.2. The smallest absolute Gasteiger partial charge is 0.222 e. The number of nitrogens with zero attached hydrogens (tertiary/aromatic N) is 2. The van der Waals surface area contributed by atoms with Crippen LogP contribution in [0.15, 0.2) is 30.6 Å². The third kappa shape index (κ3) is 4.03. The van der Waals surface area contributed by atoms with E-state index in [0.717, 1.165) is 23.4 Å². The van der Waals surface area contributed by atoms with Crippen molar-refractivity contribution in [3.8, 4) is 11.6 Å². The van der Waals surface area contributed by atoms with Crippen LogP contribution in [0.4, 0.5) is 0 Å². The fourth-order valence-corrected chi connectivity index (χ4v) is 1.77. The molecule has 0 bridgehead atoms. The van der Waals surface area contributed by atoms with Crippen molar-refractivity contribution in [3.05, 3.63) is 47.4 Å². The molecule has 0 aliphatic rings. The fourth-order valence-electron chi connectivity index (χ4n) is 1.77. The van der Waals surface area contributed by atoms with Crippen molar-refractivity contribution in [2.45, 2.75) is 40.3 Å². The molecule has 0 aromatic carbocycles.